The van der Waals surface area contributed by atoms with Gasteiger partial charge in [0.1, 0.15) is 16.3 Å². The van der Waals surface area contributed by atoms with Gasteiger partial charge in [-0.05, 0) is 38.1 Å². The third kappa shape index (κ3) is 5.00. The Hall–Kier alpha value is -2.74. The number of hydrogen-bond donors (Lipinski definition) is 0. The number of benzene rings is 2. The van der Waals surface area contributed by atoms with Crippen molar-refractivity contribution < 1.29 is 17.9 Å². The van der Waals surface area contributed by atoms with Crippen molar-refractivity contribution in [1.29, 1.82) is 0 Å². The van der Waals surface area contributed by atoms with Gasteiger partial charge in [0.15, 0.2) is 0 Å². The average molecular weight is 419 g/mol. The Kier molecular flexibility index (Phi) is 6.64. The summed E-state index contributed by atoms with van der Waals surface area (Å²) >= 11 is 0.964. The maximum absolute atomic E-state index is 13.5. The highest BCUT2D eigenvalue weighted by atomic mass is 32.2. The van der Waals surface area contributed by atoms with E-state index in [2.05, 4.69) is 9.97 Å². The Morgan fingerprint density at radius 2 is 1.69 bits per heavy atom. The molecule has 0 aliphatic carbocycles. The number of halogens is 3. The van der Waals surface area contributed by atoms with Gasteiger partial charge in [0.05, 0.1) is 12.3 Å². The summed E-state index contributed by atoms with van der Waals surface area (Å²) in [5.41, 5.74) is -0.156. The van der Waals surface area contributed by atoms with Gasteiger partial charge in [-0.3, -0.25) is 0 Å². The molecule has 3 aromatic rings. The number of ether oxygens (including phenoxy) is 1. The maximum Gasteiger partial charge on any atom is 0.420 e. The molecule has 0 N–H and O–H groups in total. The van der Waals surface area contributed by atoms with E-state index in [1.54, 1.807) is 29.2 Å². The van der Waals surface area contributed by atoms with Crippen LogP contribution in [0.15, 0.2) is 70.7 Å². The zero-order valence-electron chi connectivity index (χ0n) is 16.0. The van der Waals surface area contributed by atoms with Crippen molar-refractivity contribution in [1.82, 2.24) is 9.97 Å². The van der Waals surface area contributed by atoms with Crippen molar-refractivity contribution in [2.75, 3.05) is 18.1 Å². The topological polar surface area (TPSA) is 38.2 Å². The lowest BCUT2D eigenvalue weighted by molar-refractivity contribution is -0.140. The Morgan fingerprint density at radius 1 is 1.00 bits per heavy atom. The first-order chi connectivity index (χ1) is 13.9. The largest absolute Gasteiger partial charge is 0.492 e. The zero-order valence-corrected chi connectivity index (χ0v) is 16.8. The number of nitrogens with zero attached hydrogens (tertiary/aromatic N) is 3. The summed E-state index contributed by atoms with van der Waals surface area (Å²) in [4.78, 5) is 10.7. The molecule has 0 radical (unpaired) electrons. The van der Waals surface area contributed by atoms with E-state index >= 15 is 0 Å². The second-order valence-corrected chi connectivity index (χ2v) is 7.01. The first-order valence-corrected chi connectivity index (χ1v) is 9.92. The molecule has 0 amide bonds. The fraction of sp³-hybridized carbons (Fsp3) is 0.238. The highest BCUT2D eigenvalue weighted by Crippen LogP contribution is 2.40. The number of hydrogen-bond acceptors (Lipinski definition) is 5. The van der Waals surface area contributed by atoms with Gasteiger partial charge in [-0.15, -0.1) is 0 Å². The molecule has 29 heavy (non-hydrogen) atoms. The molecule has 4 nitrogen and oxygen atoms in total. The smallest absolute Gasteiger partial charge is 0.420 e. The molecule has 8 heteroatoms. The predicted molar refractivity (Wildman–Crippen MR) is 108 cm³/mol. The minimum absolute atomic E-state index is 0.138. The standard InChI is InChI=1S/C21H20F3N3OS/c1-3-27(17-12-8-9-13-18(17)28-4-2)20-25-14-16(21(22,23)24)19(26-20)29-15-10-6-5-7-11-15/h5-14H,3-4H2,1-2H3. The quantitative estimate of drug-likeness (QED) is 0.426. The summed E-state index contributed by atoms with van der Waals surface area (Å²) in [6.07, 6.45) is -3.70. The minimum atomic E-state index is -4.55. The van der Waals surface area contributed by atoms with Gasteiger partial charge in [-0.2, -0.15) is 13.2 Å². The lowest BCUT2D eigenvalue weighted by Gasteiger charge is -2.24. The van der Waals surface area contributed by atoms with E-state index in [0.717, 1.165) is 18.0 Å². The molecular weight excluding hydrogens is 399 g/mol. The van der Waals surface area contributed by atoms with Gasteiger partial charge in [0.25, 0.3) is 0 Å². The Bertz CT molecular complexity index is 951. The van der Waals surface area contributed by atoms with Crippen LogP contribution in [0.25, 0.3) is 0 Å². The van der Waals surface area contributed by atoms with Crippen LogP contribution in [-0.4, -0.2) is 23.1 Å². The van der Waals surface area contributed by atoms with Crippen molar-refractivity contribution in [2.24, 2.45) is 0 Å². The van der Waals surface area contributed by atoms with Crippen LogP contribution >= 0.6 is 11.8 Å². The summed E-state index contributed by atoms with van der Waals surface area (Å²) < 4.78 is 46.2. The number of rotatable bonds is 7. The number of alkyl halides is 3. The molecule has 0 saturated heterocycles. The molecule has 152 valence electrons. The van der Waals surface area contributed by atoms with Crippen LogP contribution in [0.2, 0.25) is 0 Å². The maximum atomic E-state index is 13.5. The van der Waals surface area contributed by atoms with Gasteiger partial charge in [-0.1, -0.05) is 42.1 Å². The molecule has 3 rings (SSSR count). The minimum Gasteiger partial charge on any atom is -0.492 e. The fourth-order valence-electron chi connectivity index (χ4n) is 2.74. The van der Waals surface area contributed by atoms with E-state index in [0.29, 0.717) is 29.5 Å². The van der Waals surface area contributed by atoms with Gasteiger partial charge in [0, 0.05) is 17.6 Å². The monoisotopic (exact) mass is 419 g/mol. The molecular formula is C21H20F3N3OS. The van der Waals surface area contributed by atoms with Crippen molar-refractivity contribution >= 4 is 23.4 Å². The fourth-order valence-corrected chi connectivity index (χ4v) is 3.66. The number of para-hydroxylation sites is 2. The number of aromatic nitrogens is 2. The Balaban J connectivity index is 2.06. The molecule has 1 heterocycles. The summed E-state index contributed by atoms with van der Waals surface area (Å²) in [5.74, 6) is 0.809. The molecule has 0 aliphatic rings. The Labute approximate surface area is 171 Å². The van der Waals surface area contributed by atoms with E-state index < -0.39 is 11.7 Å². The SMILES string of the molecule is CCOc1ccccc1N(CC)c1ncc(C(F)(F)F)c(Sc2ccccc2)n1. The molecule has 0 saturated carbocycles. The molecule has 0 fully saturated rings. The molecule has 0 atom stereocenters. The lowest BCUT2D eigenvalue weighted by Crippen LogP contribution is -2.21. The van der Waals surface area contributed by atoms with Gasteiger partial charge in [-0.25, -0.2) is 9.97 Å². The molecule has 0 aliphatic heterocycles. The molecule has 2 aromatic carbocycles. The summed E-state index contributed by atoms with van der Waals surface area (Å²) in [5, 5.41) is -0.138. The average Bonchev–Trinajstić information content (AvgIpc) is 2.70. The van der Waals surface area contributed by atoms with Crippen LogP contribution in [0.1, 0.15) is 19.4 Å². The van der Waals surface area contributed by atoms with E-state index in [1.807, 2.05) is 44.2 Å². The van der Waals surface area contributed by atoms with E-state index in [-0.39, 0.29) is 11.0 Å². The second kappa shape index (κ2) is 9.17. The van der Waals surface area contributed by atoms with E-state index in [9.17, 15) is 13.2 Å². The van der Waals surface area contributed by atoms with Gasteiger partial charge >= 0.3 is 6.18 Å². The van der Waals surface area contributed by atoms with Crippen LogP contribution in [0, 0.1) is 0 Å². The van der Waals surface area contributed by atoms with Gasteiger partial charge < -0.3 is 9.64 Å². The van der Waals surface area contributed by atoms with E-state index in [1.165, 1.54) is 0 Å². The highest BCUT2D eigenvalue weighted by molar-refractivity contribution is 7.99. The van der Waals surface area contributed by atoms with Crippen LogP contribution in [0.3, 0.4) is 0 Å². The van der Waals surface area contributed by atoms with Crippen LogP contribution in [0.5, 0.6) is 5.75 Å². The third-order valence-electron chi connectivity index (χ3n) is 4.02. The molecule has 0 spiro atoms. The third-order valence-corrected chi connectivity index (χ3v) is 5.03. The molecule has 1 aromatic heterocycles. The van der Waals surface area contributed by atoms with Crippen LogP contribution in [-0.2, 0) is 6.18 Å². The van der Waals surface area contributed by atoms with Crippen molar-refractivity contribution in [3.8, 4) is 5.75 Å². The first kappa shape index (κ1) is 21.0. The number of anilines is 2. The summed E-state index contributed by atoms with van der Waals surface area (Å²) in [7, 11) is 0. The normalized spacial score (nSPS) is 11.3. The van der Waals surface area contributed by atoms with E-state index in [4.69, 9.17) is 4.74 Å². The lowest BCUT2D eigenvalue weighted by atomic mass is 10.2. The van der Waals surface area contributed by atoms with Crippen molar-refractivity contribution in [3.63, 3.8) is 0 Å². The molecule has 0 bridgehead atoms. The highest BCUT2D eigenvalue weighted by Gasteiger charge is 2.36. The summed E-state index contributed by atoms with van der Waals surface area (Å²) in [6, 6.07) is 16.2. The summed E-state index contributed by atoms with van der Waals surface area (Å²) in [6.45, 7) is 4.69. The van der Waals surface area contributed by atoms with Crippen LogP contribution in [0.4, 0.5) is 24.8 Å². The first-order valence-electron chi connectivity index (χ1n) is 9.10. The second-order valence-electron chi connectivity index (χ2n) is 5.95. The van der Waals surface area contributed by atoms with Crippen molar-refractivity contribution in [2.45, 2.75) is 29.9 Å². The van der Waals surface area contributed by atoms with Gasteiger partial charge in [0.2, 0.25) is 5.95 Å². The Morgan fingerprint density at radius 3 is 2.34 bits per heavy atom. The van der Waals surface area contributed by atoms with Crippen LogP contribution < -0.4 is 9.64 Å². The zero-order chi connectivity index (χ0) is 20.9. The predicted octanol–water partition coefficient (Wildman–Crippen LogP) is 6.20. The molecule has 0 unspecified atom stereocenters. The van der Waals surface area contributed by atoms with Crippen molar-refractivity contribution in [3.05, 3.63) is 66.4 Å².